The molecule has 1 aromatic carbocycles. The second-order valence-corrected chi connectivity index (χ2v) is 7.27. The number of benzene rings is 1. The number of carbonyl (C=O) groups is 1. The molecule has 0 bridgehead atoms. The second kappa shape index (κ2) is 7.09. The molecule has 0 aliphatic carbocycles. The Bertz CT molecular complexity index is 567. The third-order valence-electron chi connectivity index (χ3n) is 3.20. The molecule has 0 saturated carbocycles. The predicted molar refractivity (Wildman–Crippen MR) is 89.3 cm³/mol. The zero-order valence-electron chi connectivity index (χ0n) is 12.2. The van der Waals surface area contributed by atoms with Gasteiger partial charge in [-0.25, -0.2) is 0 Å². The maximum Gasteiger partial charge on any atom is 0.182 e. The Hall–Kier alpha value is -1.06. The monoisotopic (exact) mass is 304 g/mol. The highest BCUT2D eigenvalue weighted by Crippen LogP contribution is 2.24. The highest BCUT2D eigenvalue weighted by molar-refractivity contribution is 8.00. The van der Waals surface area contributed by atoms with Crippen LogP contribution in [0, 0.1) is 0 Å². The Morgan fingerprint density at radius 2 is 1.85 bits per heavy atom. The Labute approximate surface area is 129 Å². The van der Waals surface area contributed by atoms with Crippen LogP contribution in [0.4, 0.5) is 0 Å². The summed E-state index contributed by atoms with van der Waals surface area (Å²) in [6, 6.07) is 12.5. The lowest BCUT2D eigenvalue weighted by atomic mass is 10.0. The Kier molecular flexibility index (Phi) is 5.44. The molecule has 0 saturated heterocycles. The van der Waals surface area contributed by atoms with Crippen molar-refractivity contribution >= 4 is 28.9 Å². The molecule has 0 radical (unpaired) electrons. The van der Waals surface area contributed by atoms with Crippen molar-refractivity contribution in [3.05, 3.63) is 51.7 Å². The number of aryl methyl sites for hydroxylation is 1. The largest absolute Gasteiger partial charge is 0.292 e. The fourth-order valence-electron chi connectivity index (χ4n) is 1.89. The molecule has 106 valence electrons. The number of rotatable bonds is 6. The lowest BCUT2D eigenvalue weighted by molar-refractivity contribution is 0.102. The van der Waals surface area contributed by atoms with Gasteiger partial charge in [-0.2, -0.15) is 0 Å². The van der Waals surface area contributed by atoms with E-state index in [1.54, 1.807) is 23.1 Å². The molecule has 0 unspecified atom stereocenters. The van der Waals surface area contributed by atoms with Crippen molar-refractivity contribution in [3.8, 4) is 0 Å². The zero-order valence-corrected chi connectivity index (χ0v) is 13.8. The van der Waals surface area contributed by atoms with Gasteiger partial charge in [0.05, 0.1) is 10.6 Å². The van der Waals surface area contributed by atoms with E-state index < -0.39 is 0 Å². The van der Waals surface area contributed by atoms with Crippen LogP contribution in [-0.2, 0) is 6.42 Å². The SMILES string of the molecule is CCc1ccc(C(=O)CSc2ccc(C(C)C)cc2)s1. The zero-order chi connectivity index (χ0) is 14.5. The first-order valence-electron chi connectivity index (χ1n) is 6.94. The van der Waals surface area contributed by atoms with E-state index in [9.17, 15) is 4.79 Å². The fraction of sp³-hybridized carbons (Fsp3) is 0.353. The van der Waals surface area contributed by atoms with Gasteiger partial charge in [-0.05, 0) is 42.2 Å². The molecule has 1 nitrogen and oxygen atoms in total. The van der Waals surface area contributed by atoms with Crippen molar-refractivity contribution < 1.29 is 4.79 Å². The quantitative estimate of drug-likeness (QED) is 0.524. The summed E-state index contributed by atoms with van der Waals surface area (Å²) in [4.78, 5) is 15.4. The van der Waals surface area contributed by atoms with Crippen molar-refractivity contribution in [2.24, 2.45) is 0 Å². The van der Waals surface area contributed by atoms with Gasteiger partial charge in [0.15, 0.2) is 5.78 Å². The summed E-state index contributed by atoms with van der Waals surface area (Å²) in [5.74, 6) is 1.30. The molecule has 2 aromatic rings. The van der Waals surface area contributed by atoms with Crippen molar-refractivity contribution in [1.29, 1.82) is 0 Å². The van der Waals surface area contributed by atoms with E-state index in [4.69, 9.17) is 0 Å². The van der Waals surface area contributed by atoms with Crippen molar-refractivity contribution in [2.45, 2.75) is 38.0 Å². The van der Waals surface area contributed by atoms with Crippen LogP contribution in [0.3, 0.4) is 0 Å². The van der Waals surface area contributed by atoms with Gasteiger partial charge < -0.3 is 0 Å². The molecule has 0 aliphatic rings. The average molecular weight is 304 g/mol. The molecule has 2 rings (SSSR count). The highest BCUT2D eigenvalue weighted by atomic mass is 32.2. The van der Waals surface area contributed by atoms with Crippen LogP contribution < -0.4 is 0 Å². The van der Waals surface area contributed by atoms with Gasteiger partial charge in [0, 0.05) is 9.77 Å². The number of Topliss-reactive ketones (excluding diaryl/α,β-unsaturated/α-hetero) is 1. The number of carbonyl (C=O) groups excluding carboxylic acids is 1. The third kappa shape index (κ3) is 3.97. The minimum atomic E-state index is 0.229. The third-order valence-corrected chi connectivity index (χ3v) is 5.48. The van der Waals surface area contributed by atoms with Crippen LogP contribution in [0.1, 0.15) is 46.8 Å². The van der Waals surface area contributed by atoms with E-state index in [-0.39, 0.29) is 5.78 Å². The summed E-state index contributed by atoms with van der Waals surface area (Å²) in [6.45, 7) is 6.49. The average Bonchev–Trinajstić information content (AvgIpc) is 2.94. The van der Waals surface area contributed by atoms with E-state index in [0.717, 1.165) is 16.2 Å². The van der Waals surface area contributed by atoms with E-state index in [1.807, 2.05) is 6.07 Å². The van der Waals surface area contributed by atoms with Crippen LogP contribution >= 0.6 is 23.1 Å². The summed E-state index contributed by atoms with van der Waals surface area (Å²) in [7, 11) is 0. The number of thioether (sulfide) groups is 1. The molecule has 0 atom stereocenters. The molecular formula is C17H20OS2. The normalized spacial score (nSPS) is 11.0. The number of hydrogen-bond donors (Lipinski definition) is 0. The lowest BCUT2D eigenvalue weighted by Gasteiger charge is -2.06. The summed E-state index contributed by atoms with van der Waals surface area (Å²) < 4.78 is 0. The van der Waals surface area contributed by atoms with Gasteiger partial charge in [0.25, 0.3) is 0 Å². The number of thiophene rings is 1. The molecule has 0 N–H and O–H groups in total. The smallest absolute Gasteiger partial charge is 0.182 e. The molecule has 0 fully saturated rings. The summed E-state index contributed by atoms with van der Waals surface area (Å²) >= 11 is 3.24. The molecule has 1 aromatic heterocycles. The summed E-state index contributed by atoms with van der Waals surface area (Å²) in [6.07, 6.45) is 1.00. The van der Waals surface area contributed by atoms with Gasteiger partial charge in [-0.15, -0.1) is 23.1 Å². The van der Waals surface area contributed by atoms with Crippen LogP contribution in [-0.4, -0.2) is 11.5 Å². The molecular weight excluding hydrogens is 284 g/mol. The number of ketones is 1. The standard InChI is InChI=1S/C17H20OS2/c1-4-14-9-10-17(20-14)16(18)11-19-15-7-5-13(6-8-15)12(2)3/h5-10,12H,4,11H2,1-3H3. The Balaban J connectivity index is 1.92. The van der Waals surface area contributed by atoms with Gasteiger partial charge >= 0.3 is 0 Å². The number of hydrogen-bond acceptors (Lipinski definition) is 3. The van der Waals surface area contributed by atoms with Gasteiger partial charge in [0.2, 0.25) is 0 Å². The van der Waals surface area contributed by atoms with Crippen molar-refractivity contribution in [2.75, 3.05) is 5.75 Å². The van der Waals surface area contributed by atoms with Crippen LogP contribution in [0.15, 0.2) is 41.3 Å². The van der Waals surface area contributed by atoms with E-state index in [0.29, 0.717) is 11.7 Å². The van der Waals surface area contributed by atoms with Crippen LogP contribution in [0.2, 0.25) is 0 Å². The molecule has 0 aliphatic heterocycles. The lowest BCUT2D eigenvalue weighted by Crippen LogP contribution is -1.99. The van der Waals surface area contributed by atoms with E-state index >= 15 is 0 Å². The predicted octanol–water partition coefficient (Wildman–Crippen LogP) is 5.41. The van der Waals surface area contributed by atoms with Gasteiger partial charge in [-0.3, -0.25) is 4.79 Å². The highest BCUT2D eigenvalue weighted by Gasteiger charge is 2.09. The maximum atomic E-state index is 12.1. The summed E-state index contributed by atoms with van der Waals surface area (Å²) in [5, 5.41) is 0. The fourth-order valence-corrected chi connectivity index (χ4v) is 3.64. The first kappa shape index (κ1) is 15.3. The Morgan fingerprint density at radius 3 is 2.40 bits per heavy atom. The van der Waals surface area contributed by atoms with E-state index in [2.05, 4.69) is 51.1 Å². The van der Waals surface area contributed by atoms with Crippen LogP contribution in [0.25, 0.3) is 0 Å². The minimum Gasteiger partial charge on any atom is -0.292 e. The molecule has 3 heteroatoms. The first-order chi connectivity index (χ1) is 9.60. The molecule has 0 amide bonds. The van der Waals surface area contributed by atoms with Crippen LogP contribution in [0.5, 0.6) is 0 Å². The maximum absolute atomic E-state index is 12.1. The van der Waals surface area contributed by atoms with E-state index in [1.165, 1.54) is 10.4 Å². The van der Waals surface area contributed by atoms with Crippen molar-refractivity contribution in [3.63, 3.8) is 0 Å². The first-order valence-corrected chi connectivity index (χ1v) is 8.75. The minimum absolute atomic E-state index is 0.229. The van der Waals surface area contributed by atoms with Crippen molar-refractivity contribution in [1.82, 2.24) is 0 Å². The second-order valence-electron chi connectivity index (χ2n) is 5.06. The molecule has 1 heterocycles. The van der Waals surface area contributed by atoms with Gasteiger partial charge in [0.1, 0.15) is 0 Å². The molecule has 20 heavy (non-hydrogen) atoms. The molecule has 0 spiro atoms. The van der Waals surface area contributed by atoms with Gasteiger partial charge in [-0.1, -0.05) is 32.9 Å². The topological polar surface area (TPSA) is 17.1 Å². The summed E-state index contributed by atoms with van der Waals surface area (Å²) in [5.41, 5.74) is 1.34. The Morgan fingerprint density at radius 1 is 1.15 bits per heavy atom.